The topological polar surface area (TPSA) is 65.0 Å². The van der Waals surface area contributed by atoms with E-state index in [-0.39, 0.29) is 30.6 Å². The molecule has 2 aromatic carbocycles. The first-order valence-electron chi connectivity index (χ1n) is 12.8. The Balaban J connectivity index is 1.34. The van der Waals surface area contributed by atoms with Gasteiger partial charge in [0.1, 0.15) is 5.75 Å². The highest BCUT2D eigenvalue weighted by Crippen LogP contribution is 2.42. The summed E-state index contributed by atoms with van der Waals surface area (Å²) in [6.07, 6.45) is 6.70. The summed E-state index contributed by atoms with van der Waals surface area (Å²) in [5, 5.41) is 13.5. The second-order valence-corrected chi connectivity index (χ2v) is 9.99. The van der Waals surface area contributed by atoms with E-state index in [0.717, 1.165) is 55.6 Å². The van der Waals surface area contributed by atoms with Gasteiger partial charge < -0.3 is 20.1 Å². The number of ether oxygens (including phenoxy) is 1. The van der Waals surface area contributed by atoms with Crippen molar-refractivity contribution >= 4 is 6.03 Å². The van der Waals surface area contributed by atoms with Gasteiger partial charge in [-0.3, -0.25) is 4.90 Å². The Bertz CT molecular complexity index is 973. The number of carbonyl (C=O) groups excluding carboxylic acids is 1. The van der Waals surface area contributed by atoms with Crippen LogP contribution in [0.4, 0.5) is 4.79 Å². The number of rotatable bonds is 5. The molecular weight excluding hydrogens is 426 g/mol. The number of hydrogen-bond donors (Lipinski definition) is 2. The average Bonchev–Trinajstić information content (AvgIpc) is 3.36. The first-order valence-corrected chi connectivity index (χ1v) is 12.8. The zero-order valence-electron chi connectivity index (χ0n) is 20.2. The Morgan fingerprint density at radius 1 is 1.03 bits per heavy atom. The van der Waals surface area contributed by atoms with Crippen LogP contribution >= 0.6 is 0 Å². The highest BCUT2D eigenvalue weighted by molar-refractivity contribution is 5.74. The van der Waals surface area contributed by atoms with Crippen LogP contribution in [-0.4, -0.2) is 72.4 Å². The van der Waals surface area contributed by atoms with Gasteiger partial charge in [-0.2, -0.15) is 0 Å². The van der Waals surface area contributed by atoms with E-state index in [9.17, 15) is 9.90 Å². The summed E-state index contributed by atoms with van der Waals surface area (Å²) in [6, 6.07) is 17.5. The average molecular weight is 464 g/mol. The zero-order chi connectivity index (χ0) is 23.5. The molecule has 0 bridgehead atoms. The van der Waals surface area contributed by atoms with Gasteiger partial charge in [-0.05, 0) is 49.4 Å². The van der Waals surface area contributed by atoms with E-state index in [4.69, 9.17) is 4.74 Å². The molecule has 0 aromatic heterocycles. The van der Waals surface area contributed by atoms with E-state index < -0.39 is 0 Å². The Hall–Kier alpha value is -2.57. The maximum absolute atomic E-state index is 13.1. The molecule has 3 fully saturated rings. The molecule has 3 aliphatic rings. The largest absolute Gasteiger partial charge is 0.496 e. The number of para-hydroxylation sites is 1. The van der Waals surface area contributed by atoms with E-state index in [0.29, 0.717) is 12.6 Å². The molecule has 1 aliphatic carbocycles. The Labute approximate surface area is 202 Å². The Morgan fingerprint density at radius 3 is 2.50 bits per heavy atom. The van der Waals surface area contributed by atoms with E-state index in [1.165, 1.54) is 18.4 Å². The number of hydrogen-bond acceptors (Lipinski definition) is 4. The fraction of sp³-hybridized carbons (Fsp3) is 0.536. The number of aliphatic hydroxyl groups is 1. The molecule has 5 rings (SSSR count). The molecule has 6 nitrogen and oxygen atoms in total. The summed E-state index contributed by atoms with van der Waals surface area (Å²) in [5.74, 6) is 1.08. The van der Waals surface area contributed by atoms with Crippen molar-refractivity contribution in [3.05, 3.63) is 54.1 Å². The molecule has 2 aliphatic heterocycles. The van der Waals surface area contributed by atoms with Gasteiger partial charge in [-0.15, -0.1) is 0 Å². The third-order valence-electron chi connectivity index (χ3n) is 8.05. The van der Waals surface area contributed by atoms with E-state index in [2.05, 4.69) is 40.5 Å². The minimum Gasteiger partial charge on any atom is -0.496 e. The van der Waals surface area contributed by atoms with Crippen LogP contribution in [0.2, 0.25) is 0 Å². The second-order valence-electron chi connectivity index (χ2n) is 9.99. The summed E-state index contributed by atoms with van der Waals surface area (Å²) in [4.78, 5) is 17.5. The van der Waals surface area contributed by atoms with Gasteiger partial charge in [-0.1, -0.05) is 55.3 Å². The number of amides is 2. The van der Waals surface area contributed by atoms with Crippen LogP contribution in [-0.2, 0) is 0 Å². The normalized spacial score (nSPS) is 25.7. The number of urea groups is 1. The van der Waals surface area contributed by atoms with Gasteiger partial charge in [0.2, 0.25) is 0 Å². The number of methoxy groups -OCH3 is 1. The van der Waals surface area contributed by atoms with Crippen LogP contribution < -0.4 is 10.1 Å². The first kappa shape index (κ1) is 23.2. The first-order chi connectivity index (χ1) is 16.7. The molecule has 34 heavy (non-hydrogen) atoms. The Morgan fingerprint density at radius 2 is 1.76 bits per heavy atom. The highest BCUT2D eigenvalue weighted by Gasteiger charge is 2.49. The van der Waals surface area contributed by atoms with Crippen molar-refractivity contribution in [1.29, 1.82) is 0 Å². The van der Waals surface area contributed by atoms with Crippen LogP contribution in [0.1, 0.15) is 50.0 Å². The van der Waals surface area contributed by atoms with E-state index >= 15 is 0 Å². The quantitative estimate of drug-likeness (QED) is 0.696. The van der Waals surface area contributed by atoms with Crippen LogP contribution in [0.3, 0.4) is 0 Å². The third kappa shape index (κ3) is 4.53. The fourth-order valence-corrected chi connectivity index (χ4v) is 6.23. The van der Waals surface area contributed by atoms with Gasteiger partial charge in [0.15, 0.2) is 0 Å². The van der Waals surface area contributed by atoms with Crippen molar-refractivity contribution in [2.24, 2.45) is 0 Å². The van der Waals surface area contributed by atoms with Gasteiger partial charge in [0, 0.05) is 42.7 Å². The molecule has 2 N–H and O–H groups in total. The lowest BCUT2D eigenvalue weighted by Crippen LogP contribution is -2.68. The molecule has 2 amide bonds. The van der Waals surface area contributed by atoms with Crippen molar-refractivity contribution in [1.82, 2.24) is 15.1 Å². The maximum Gasteiger partial charge on any atom is 0.317 e. The van der Waals surface area contributed by atoms with Crippen molar-refractivity contribution in [3.8, 4) is 16.9 Å². The number of carbonyl (C=O) groups is 1. The molecule has 0 spiro atoms. The van der Waals surface area contributed by atoms with Gasteiger partial charge in [0.25, 0.3) is 0 Å². The fourth-order valence-electron chi connectivity index (χ4n) is 6.23. The molecule has 3 atom stereocenters. The summed E-state index contributed by atoms with van der Waals surface area (Å²) >= 11 is 0. The number of nitrogens with one attached hydrogen (secondary N) is 1. The van der Waals surface area contributed by atoms with Gasteiger partial charge in [0.05, 0.1) is 13.7 Å². The molecular formula is C28H37N3O3. The zero-order valence-corrected chi connectivity index (χ0v) is 20.2. The summed E-state index contributed by atoms with van der Waals surface area (Å²) < 4.78 is 5.54. The van der Waals surface area contributed by atoms with Crippen LogP contribution in [0.15, 0.2) is 48.5 Å². The lowest BCUT2D eigenvalue weighted by Gasteiger charge is -2.57. The van der Waals surface area contributed by atoms with Crippen LogP contribution in [0.25, 0.3) is 11.1 Å². The standard InChI is InChI=1S/C28H37N3O3/c1-34-26-11-5-4-10-23(26)20-12-14-21(15-13-20)27-24-18-30(28(33)29-22-8-2-3-9-22)16-6-7-17-31(24)25(27)19-32/h4-5,10-15,22,24-25,27,32H,2-3,6-9,16-19H2,1H3,(H,29,33)/t24-,25+,27-/m0/s1. The van der Waals surface area contributed by atoms with E-state index in [1.54, 1.807) is 7.11 Å². The van der Waals surface area contributed by atoms with Crippen molar-refractivity contribution in [3.63, 3.8) is 0 Å². The summed E-state index contributed by atoms with van der Waals surface area (Å²) in [7, 11) is 1.70. The predicted molar refractivity (Wildman–Crippen MR) is 134 cm³/mol. The predicted octanol–water partition coefficient (Wildman–Crippen LogP) is 4.24. The number of nitrogens with zero attached hydrogens (tertiary/aromatic N) is 2. The molecule has 182 valence electrons. The van der Waals surface area contributed by atoms with Crippen LogP contribution in [0.5, 0.6) is 5.75 Å². The van der Waals surface area contributed by atoms with Crippen molar-refractivity contribution in [2.75, 3.05) is 33.4 Å². The number of fused-ring (bicyclic) bond motifs is 1. The molecule has 1 saturated carbocycles. The smallest absolute Gasteiger partial charge is 0.317 e. The van der Waals surface area contributed by atoms with Crippen molar-refractivity contribution < 1.29 is 14.6 Å². The lowest BCUT2D eigenvalue weighted by atomic mass is 9.74. The van der Waals surface area contributed by atoms with Gasteiger partial charge >= 0.3 is 6.03 Å². The van der Waals surface area contributed by atoms with E-state index in [1.807, 2.05) is 23.1 Å². The molecule has 2 aromatic rings. The molecule has 0 radical (unpaired) electrons. The molecule has 0 unspecified atom stereocenters. The minimum atomic E-state index is 0.0893. The number of benzene rings is 2. The summed E-state index contributed by atoms with van der Waals surface area (Å²) in [6.45, 7) is 2.66. The maximum atomic E-state index is 13.1. The lowest BCUT2D eigenvalue weighted by molar-refractivity contribution is -0.0591. The summed E-state index contributed by atoms with van der Waals surface area (Å²) in [5.41, 5.74) is 3.43. The van der Waals surface area contributed by atoms with Crippen LogP contribution in [0, 0.1) is 0 Å². The Kier molecular flexibility index (Phi) is 7.07. The third-order valence-corrected chi connectivity index (χ3v) is 8.05. The monoisotopic (exact) mass is 463 g/mol. The molecule has 2 saturated heterocycles. The second kappa shape index (κ2) is 10.4. The minimum absolute atomic E-state index is 0.0893. The number of aliphatic hydroxyl groups excluding tert-OH is 1. The SMILES string of the molecule is COc1ccccc1-c1ccc([C@@H]2[C@@H](CO)N3CCCCN(C(=O)NC4CCCC4)C[C@@H]23)cc1. The van der Waals surface area contributed by atoms with Gasteiger partial charge in [-0.25, -0.2) is 4.79 Å². The molecule has 2 heterocycles. The highest BCUT2D eigenvalue weighted by atomic mass is 16.5. The molecule has 6 heteroatoms. The van der Waals surface area contributed by atoms with Crippen molar-refractivity contribution in [2.45, 2.75) is 62.6 Å².